The molecule has 0 N–H and O–H groups in total. The minimum absolute atomic E-state index is 0.262. The molecule has 2 rings (SSSR count). The highest BCUT2D eigenvalue weighted by Gasteiger charge is 2.14. The van der Waals surface area contributed by atoms with Gasteiger partial charge in [-0.15, -0.1) is 0 Å². The lowest BCUT2D eigenvalue weighted by molar-refractivity contribution is 0.0590. The smallest absolute Gasteiger partial charge is 0.358 e. The van der Waals surface area contributed by atoms with Crippen LogP contribution in [0, 0.1) is 0 Å². The number of carbonyl (C=O) groups excluding carboxylic acids is 1. The Morgan fingerprint density at radius 3 is 2.93 bits per heavy atom. The van der Waals surface area contributed by atoms with Crippen LogP contribution in [0.15, 0.2) is 18.5 Å². The van der Waals surface area contributed by atoms with Gasteiger partial charge in [0.15, 0.2) is 5.69 Å². The van der Waals surface area contributed by atoms with E-state index in [-0.39, 0.29) is 5.69 Å². The Labute approximate surface area is 85.4 Å². The van der Waals surface area contributed by atoms with Gasteiger partial charge in [0.25, 0.3) is 0 Å². The number of rotatable bonds is 2. The summed E-state index contributed by atoms with van der Waals surface area (Å²) in [6.07, 6.45) is 2.93. The van der Waals surface area contributed by atoms with Crippen LogP contribution in [0.25, 0.3) is 5.52 Å². The maximum atomic E-state index is 11.4. The maximum absolute atomic E-state index is 11.4. The molecular weight excluding hydrogens is 198 g/mol. The third kappa shape index (κ3) is 1.39. The van der Waals surface area contributed by atoms with Gasteiger partial charge < -0.3 is 9.47 Å². The zero-order chi connectivity index (χ0) is 10.8. The average Bonchev–Trinajstić information content (AvgIpc) is 2.75. The largest absolute Gasteiger partial charge is 0.479 e. The van der Waals surface area contributed by atoms with Crippen LogP contribution in [0.3, 0.4) is 0 Å². The fraction of sp³-hybridized carbons (Fsp3) is 0.222. The highest BCUT2D eigenvalue weighted by atomic mass is 16.5. The van der Waals surface area contributed by atoms with Gasteiger partial charge in [-0.05, 0) is 6.07 Å². The first-order valence-electron chi connectivity index (χ1n) is 4.23. The molecule has 0 spiro atoms. The molecule has 0 aliphatic carbocycles. The van der Waals surface area contributed by atoms with Gasteiger partial charge in [0, 0.05) is 0 Å². The molecule has 0 aliphatic heterocycles. The van der Waals surface area contributed by atoms with E-state index >= 15 is 0 Å². The fourth-order valence-corrected chi connectivity index (χ4v) is 1.30. The quantitative estimate of drug-likeness (QED) is 0.672. The van der Waals surface area contributed by atoms with Crippen molar-refractivity contribution in [1.82, 2.24) is 14.6 Å². The number of nitrogens with zero attached hydrogens (tertiary/aromatic N) is 3. The van der Waals surface area contributed by atoms with E-state index in [0.29, 0.717) is 11.4 Å². The Kier molecular flexibility index (Phi) is 2.24. The molecule has 2 aromatic rings. The summed E-state index contributed by atoms with van der Waals surface area (Å²) in [6, 6.07) is 1.71. The van der Waals surface area contributed by atoms with E-state index in [1.807, 2.05) is 0 Å². The first-order valence-corrected chi connectivity index (χ1v) is 4.23. The number of methoxy groups -OCH3 is 2. The van der Waals surface area contributed by atoms with Crippen LogP contribution in [0.4, 0.5) is 0 Å². The van der Waals surface area contributed by atoms with Crippen molar-refractivity contribution < 1.29 is 14.3 Å². The van der Waals surface area contributed by atoms with E-state index in [1.54, 1.807) is 12.3 Å². The minimum atomic E-state index is -0.487. The number of ether oxygens (including phenoxy) is 2. The summed E-state index contributed by atoms with van der Waals surface area (Å²) >= 11 is 0. The van der Waals surface area contributed by atoms with Crippen molar-refractivity contribution in [2.24, 2.45) is 0 Å². The van der Waals surface area contributed by atoms with Crippen molar-refractivity contribution in [3.05, 3.63) is 24.2 Å². The lowest BCUT2D eigenvalue weighted by Crippen LogP contribution is -2.10. The third-order valence-corrected chi connectivity index (χ3v) is 1.98. The summed E-state index contributed by atoms with van der Waals surface area (Å²) in [5, 5.41) is 3.99. The molecule has 0 bridgehead atoms. The Morgan fingerprint density at radius 2 is 2.27 bits per heavy atom. The number of aromatic nitrogens is 3. The molecule has 0 aromatic carbocycles. The lowest BCUT2D eigenvalue weighted by Gasteiger charge is -2.05. The maximum Gasteiger partial charge on any atom is 0.358 e. The summed E-state index contributed by atoms with van der Waals surface area (Å²) in [4.78, 5) is 15.3. The molecule has 0 atom stereocenters. The van der Waals surface area contributed by atoms with Crippen LogP contribution in [0.5, 0.6) is 5.88 Å². The number of esters is 1. The van der Waals surface area contributed by atoms with Gasteiger partial charge in [-0.1, -0.05) is 0 Å². The standard InChI is InChI=1S/C9H9N3O3/c1-14-8-6-3-4-11-12(6)7(5-10-8)9(13)15-2/h3-5H,1-2H3. The summed E-state index contributed by atoms with van der Waals surface area (Å²) in [5.41, 5.74) is 0.888. The molecule has 6 nitrogen and oxygen atoms in total. The molecule has 0 aliphatic rings. The first-order chi connectivity index (χ1) is 7.27. The van der Waals surface area contributed by atoms with Crippen molar-refractivity contribution in [2.45, 2.75) is 0 Å². The molecule has 0 saturated carbocycles. The van der Waals surface area contributed by atoms with E-state index in [0.717, 1.165) is 0 Å². The van der Waals surface area contributed by atoms with Crippen LogP contribution >= 0.6 is 0 Å². The summed E-state index contributed by atoms with van der Waals surface area (Å²) in [7, 11) is 2.81. The molecule has 2 heterocycles. The molecule has 2 aromatic heterocycles. The van der Waals surface area contributed by atoms with Gasteiger partial charge in [-0.25, -0.2) is 14.3 Å². The van der Waals surface area contributed by atoms with Crippen molar-refractivity contribution in [3.8, 4) is 5.88 Å². The Bertz CT molecular complexity index is 506. The number of hydrogen-bond donors (Lipinski definition) is 0. The zero-order valence-corrected chi connectivity index (χ0v) is 8.30. The Balaban J connectivity index is 2.68. The molecule has 0 unspecified atom stereocenters. The minimum Gasteiger partial charge on any atom is -0.479 e. The van der Waals surface area contributed by atoms with Gasteiger partial charge >= 0.3 is 5.97 Å². The lowest BCUT2D eigenvalue weighted by atomic mass is 10.4. The van der Waals surface area contributed by atoms with Crippen LogP contribution in [-0.2, 0) is 4.74 Å². The predicted octanol–water partition coefficient (Wildman–Crippen LogP) is 0.524. The van der Waals surface area contributed by atoms with Crippen molar-refractivity contribution in [1.29, 1.82) is 0 Å². The zero-order valence-electron chi connectivity index (χ0n) is 8.30. The topological polar surface area (TPSA) is 65.7 Å². The first kappa shape index (κ1) is 9.45. The number of hydrogen-bond acceptors (Lipinski definition) is 5. The monoisotopic (exact) mass is 207 g/mol. The molecule has 78 valence electrons. The van der Waals surface area contributed by atoms with Crippen molar-refractivity contribution in [3.63, 3.8) is 0 Å². The Morgan fingerprint density at radius 1 is 1.47 bits per heavy atom. The third-order valence-electron chi connectivity index (χ3n) is 1.98. The number of carbonyl (C=O) groups is 1. The number of fused-ring (bicyclic) bond motifs is 1. The van der Waals surface area contributed by atoms with Gasteiger partial charge in [-0.2, -0.15) is 5.10 Å². The molecule has 0 amide bonds. The average molecular weight is 207 g/mol. The molecule has 0 saturated heterocycles. The van der Waals surface area contributed by atoms with E-state index in [1.165, 1.54) is 24.9 Å². The van der Waals surface area contributed by atoms with Crippen molar-refractivity contribution >= 4 is 11.5 Å². The second-order valence-electron chi connectivity index (χ2n) is 2.77. The van der Waals surface area contributed by atoms with Crippen LogP contribution in [0.2, 0.25) is 0 Å². The van der Waals surface area contributed by atoms with Gasteiger partial charge in [-0.3, -0.25) is 0 Å². The highest BCUT2D eigenvalue weighted by molar-refractivity contribution is 5.88. The van der Waals surface area contributed by atoms with E-state index in [9.17, 15) is 4.79 Å². The SMILES string of the molecule is COC(=O)c1cnc(OC)c2ccnn12. The van der Waals surface area contributed by atoms with E-state index in [2.05, 4.69) is 14.8 Å². The van der Waals surface area contributed by atoms with E-state index in [4.69, 9.17) is 4.74 Å². The van der Waals surface area contributed by atoms with Crippen LogP contribution in [0.1, 0.15) is 10.5 Å². The van der Waals surface area contributed by atoms with Crippen LogP contribution < -0.4 is 4.74 Å². The second kappa shape index (κ2) is 3.56. The van der Waals surface area contributed by atoms with E-state index < -0.39 is 5.97 Å². The van der Waals surface area contributed by atoms with Crippen LogP contribution in [-0.4, -0.2) is 34.8 Å². The fourth-order valence-electron chi connectivity index (χ4n) is 1.30. The summed E-state index contributed by atoms with van der Waals surface area (Å²) in [5.74, 6) is -0.0704. The van der Waals surface area contributed by atoms with Crippen molar-refractivity contribution in [2.75, 3.05) is 14.2 Å². The van der Waals surface area contributed by atoms with Gasteiger partial charge in [0.1, 0.15) is 5.52 Å². The predicted molar refractivity (Wildman–Crippen MR) is 50.9 cm³/mol. The van der Waals surface area contributed by atoms with Gasteiger partial charge in [0.2, 0.25) is 5.88 Å². The molecule has 15 heavy (non-hydrogen) atoms. The summed E-state index contributed by atoms with van der Waals surface area (Å²) < 4.78 is 11.1. The highest BCUT2D eigenvalue weighted by Crippen LogP contribution is 2.17. The Hall–Kier alpha value is -2.11. The molecule has 0 radical (unpaired) electrons. The second-order valence-corrected chi connectivity index (χ2v) is 2.77. The molecule has 0 fully saturated rings. The normalized spacial score (nSPS) is 10.3. The summed E-state index contributed by atoms with van der Waals surface area (Å²) in [6.45, 7) is 0. The van der Waals surface area contributed by atoms with Gasteiger partial charge in [0.05, 0.1) is 26.6 Å². The molecular formula is C9H9N3O3. The molecule has 6 heteroatoms.